The summed E-state index contributed by atoms with van der Waals surface area (Å²) in [5.74, 6) is 11.9. The minimum absolute atomic E-state index is 0.0112. The number of likely N-dealkylation sites (tertiary alicyclic amines) is 1. The smallest absolute Gasteiger partial charge is 0.448 e. The van der Waals surface area contributed by atoms with Gasteiger partial charge in [-0.1, -0.05) is 48.5 Å². The number of rotatable bonds is 34. The lowest BCUT2D eigenvalue weighted by molar-refractivity contribution is -0.117. The zero-order valence-electron chi connectivity index (χ0n) is 73.5. The first-order chi connectivity index (χ1) is 63.1. The molecule has 6 heterocycles. The van der Waals surface area contributed by atoms with Crippen LogP contribution in [0.1, 0.15) is 196 Å². The van der Waals surface area contributed by atoms with Gasteiger partial charge in [-0.3, -0.25) is 24.1 Å². The zero-order chi connectivity index (χ0) is 89.1. The van der Waals surface area contributed by atoms with Crippen LogP contribution in [0.5, 0.6) is 46.0 Å². The highest BCUT2D eigenvalue weighted by molar-refractivity contribution is 9.10. The van der Waals surface area contributed by atoms with Crippen molar-refractivity contribution in [3.63, 3.8) is 0 Å². The van der Waals surface area contributed by atoms with Crippen LogP contribution >= 0.6 is 28.6 Å². The first-order valence-electron chi connectivity index (χ1n) is 46.2. The molecule has 26 heteroatoms. The van der Waals surface area contributed by atoms with E-state index in [0.29, 0.717) is 127 Å². The average Bonchev–Trinajstić information content (AvgIpc) is 1.65. The van der Waals surface area contributed by atoms with Gasteiger partial charge in [0.2, 0.25) is 0 Å². The molecule has 0 aromatic heterocycles. The molecule has 9 fully saturated rings. The zero-order valence-corrected chi connectivity index (χ0v) is 76.0. The average molecular weight is 1830 g/mol. The van der Waals surface area contributed by atoms with E-state index in [4.69, 9.17) is 62.9 Å². The standard InChI is InChI=1S/C28H32N2O3.C25H27NO4S.C24H25NO4.C21H20BrNO4.C4H9N.CH5BO2/c31-28-27(33-24-10-7-21(8-11-24)20-3-4-20)13-16-30(28)23-9-12-26(25(19-23)22-5-6-22)32-18-17-29-14-1-2-15-29;27-25-24(30-21-8-5-18(6-9-21)17-1-2-17)11-12-26(25)20-7-10-23(29-14-13-28-16-31)22(15-20)19-3-4-19;26-13-14-28-22-10-7-19(15-21(22)18-3-4-18)25-12-11-23(24(25)27)29-20-8-5-17(6-9-20)16-1-2-16;22-18-13-16(5-8-19(18)26-12-11-24)23-10-9-20(21(23)25)27-17-6-3-15(4-7-17)14-1-2-14;1-2-4-5-3-1;1-2(3)4/h7-13,19-20,22H,1-6,14-18H2;5-11,15,17,19,31H,1-4,12-14,16H2;5-11,15-16,18,26H,1-4,12-14H2;3-9,13-14,24H,1-2,10-12H2;5H,1-4H2;3-4H,1H3. The molecule has 8 aromatic carbocycles. The quantitative estimate of drug-likeness (QED) is 0.00948. The Morgan fingerprint density at radius 3 is 0.938 bits per heavy atom. The molecule has 5 N–H and O–H groups in total. The number of nitrogens with one attached hydrogen (secondary N) is 1. The minimum Gasteiger partial charge on any atom is -0.492 e. The molecule has 4 amide bonds. The van der Waals surface area contributed by atoms with Crippen molar-refractivity contribution in [1.82, 2.24) is 10.2 Å². The molecule has 7 saturated carbocycles. The number of nitrogens with zero attached hydrogens (tertiary/aromatic N) is 5. The predicted molar refractivity (Wildman–Crippen MR) is 507 cm³/mol. The molecule has 2 saturated heterocycles. The van der Waals surface area contributed by atoms with Crippen molar-refractivity contribution in [3.05, 3.63) is 261 Å². The first kappa shape index (κ1) is 91.9. The second-order valence-corrected chi connectivity index (χ2v) is 36.0. The van der Waals surface area contributed by atoms with E-state index in [2.05, 4.69) is 106 Å². The van der Waals surface area contributed by atoms with Gasteiger partial charge in [0, 0.05) is 55.5 Å². The van der Waals surface area contributed by atoms with Gasteiger partial charge in [0.1, 0.15) is 72.4 Å². The lowest BCUT2D eigenvalue weighted by Crippen LogP contribution is -2.28. The van der Waals surface area contributed by atoms with Crippen LogP contribution in [0.15, 0.2) is 222 Å². The summed E-state index contributed by atoms with van der Waals surface area (Å²) in [6.45, 7) is 11.3. The lowest BCUT2D eigenvalue weighted by Gasteiger charge is -2.20. The van der Waals surface area contributed by atoms with Crippen molar-refractivity contribution in [3.8, 4) is 46.0 Å². The molecule has 129 heavy (non-hydrogen) atoms. The number of aliphatic hydroxyl groups is 2. The summed E-state index contributed by atoms with van der Waals surface area (Å²) in [6, 6.07) is 55.9. The van der Waals surface area contributed by atoms with Crippen LogP contribution in [0.4, 0.5) is 22.7 Å². The number of anilines is 4. The van der Waals surface area contributed by atoms with Crippen molar-refractivity contribution in [1.29, 1.82) is 0 Å². The maximum absolute atomic E-state index is 13.1. The van der Waals surface area contributed by atoms with Crippen LogP contribution in [0, 0.1) is 0 Å². The van der Waals surface area contributed by atoms with E-state index in [-0.39, 0.29) is 50.1 Å². The Labute approximate surface area is 770 Å². The molecule has 0 atom stereocenters. The topological polar surface area (TPSA) is 260 Å². The number of carbonyl (C=O) groups is 4. The van der Waals surface area contributed by atoms with Gasteiger partial charge < -0.3 is 87.8 Å². The first-order valence-corrected chi connectivity index (χ1v) is 47.6. The van der Waals surface area contributed by atoms with Crippen LogP contribution in [0.25, 0.3) is 0 Å². The molecular formula is C103H118BBrN6O17S. The van der Waals surface area contributed by atoms with Crippen molar-refractivity contribution in [2.75, 3.05) is 131 Å². The van der Waals surface area contributed by atoms with Crippen LogP contribution in [0.3, 0.4) is 0 Å². The maximum Gasteiger partial charge on any atom is 0.448 e. The number of carbonyl (C=O) groups excluding carboxylic acids is 4. The van der Waals surface area contributed by atoms with Crippen molar-refractivity contribution >= 4 is 82.1 Å². The Morgan fingerprint density at radius 2 is 0.659 bits per heavy atom. The molecule has 8 aromatic rings. The van der Waals surface area contributed by atoms with Gasteiger partial charge in [0.15, 0.2) is 23.0 Å². The summed E-state index contributed by atoms with van der Waals surface area (Å²) in [5, 5.41) is 36.3. The summed E-state index contributed by atoms with van der Waals surface area (Å²) in [4.78, 5) is 61.1. The van der Waals surface area contributed by atoms with Crippen LogP contribution < -0.4 is 62.8 Å². The van der Waals surface area contributed by atoms with E-state index < -0.39 is 7.12 Å². The molecule has 0 bridgehead atoms. The summed E-state index contributed by atoms with van der Waals surface area (Å²) in [6.07, 6.45) is 29.9. The van der Waals surface area contributed by atoms with Gasteiger partial charge >= 0.3 is 7.12 Å². The second kappa shape index (κ2) is 44.5. The monoisotopic (exact) mass is 1830 g/mol. The summed E-state index contributed by atoms with van der Waals surface area (Å²) in [7, 11) is -1.17. The summed E-state index contributed by atoms with van der Waals surface area (Å²) >= 11 is 7.48. The van der Waals surface area contributed by atoms with E-state index in [1.807, 2.05) is 115 Å². The third kappa shape index (κ3) is 25.8. The number of amides is 4. The van der Waals surface area contributed by atoms with E-state index in [0.717, 1.165) is 101 Å². The number of benzene rings is 8. The molecule has 678 valence electrons. The van der Waals surface area contributed by atoms with E-state index >= 15 is 0 Å². The molecule has 0 spiro atoms. The summed E-state index contributed by atoms with van der Waals surface area (Å²) < 4.78 is 52.7. The highest BCUT2D eigenvalue weighted by atomic mass is 79.9. The summed E-state index contributed by atoms with van der Waals surface area (Å²) in [5.41, 5.74) is 12.3. The fourth-order valence-corrected chi connectivity index (χ4v) is 17.1. The highest BCUT2D eigenvalue weighted by Gasteiger charge is 2.37. The number of ether oxygens (including phenoxy) is 9. The normalized spacial score (nSPS) is 18.5. The van der Waals surface area contributed by atoms with Crippen molar-refractivity contribution in [2.24, 2.45) is 0 Å². The number of hydrogen-bond donors (Lipinski definition) is 6. The van der Waals surface area contributed by atoms with Crippen LogP contribution in [-0.4, -0.2) is 167 Å². The largest absolute Gasteiger partial charge is 0.492 e. The Morgan fingerprint density at radius 1 is 0.372 bits per heavy atom. The van der Waals surface area contributed by atoms with Crippen molar-refractivity contribution < 1.29 is 82.1 Å². The number of halogens is 1. The molecule has 13 aliphatic rings. The molecule has 0 unspecified atom stereocenters. The van der Waals surface area contributed by atoms with Gasteiger partial charge in [-0.2, -0.15) is 12.6 Å². The van der Waals surface area contributed by atoms with E-state index in [1.165, 1.54) is 156 Å². The fraction of sp³-hybridized carbons (Fsp3) is 0.417. The lowest BCUT2D eigenvalue weighted by atomic mass is 9.99. The van der Waals surface area contributed by atoms with Gasteiger partial charge in [-0.25, -0.2) is 0 Å². The third-order valence-electron chi connectivity index (χ3n) is 24.6. The highest BCUT2D eigenvalue weighted by Crippen LogP contribution is 2.50. The minimum atomic E-state index is -1.17. The van der Waals surface area contributed by atoms with Crippen LogP contribution in [-0.2, 0) is 23.9 Å². The third-order valence-corrected chi connectivity index (χ3v) is 25.4. The number of thiol groups is 1. The molecule has 0 radical (unpaired) electrons. The van der Waals surface area contributed by atoms with Crippen molar-refractivity contribution in [2.45, 2.75) is 164 Å². The van der Waals surface area contributed by atoms with Gasteiger partial charge in [0.25, 0.3) is 23.6 Å². The van der Waals surface area contributed by atoms with E-state index in [9.17, 15) is 19.2 Å². The van der Waals surface area contributed by atoms with Crippen LogP contribution in [0.2, 0.25) is 6.82 Å². The Hall–Kier alpha value is -10.4. The molecule has 6 aliphatic heterocycles. The van der Waals surface area contributed by atoms with Gasteiger partial charge in [-0.05, 0) is 391 Å². The predicted octanol–water partition coefficient (Wildman–Crippen LogP) is 17.8. The number of aliphatic hydroxyl groups excluding tert-OH is 2. The van der Waals surface area contributed by atoms with E-state index in [1.54, 1.807) is 31.7 Å². The molecule has 23 nitrogen and oxygen atoms in total. The Bertz CT molecular complexity index is 5280. The molecular weight excluding hydrogens is 1720 g/mol. The Balaban J connectivity index is 0.000000122. The maximum atomic E-state index is 13.1. The fourth-order valence-electron chi connectivity index (χ4n) is 16.5. The Kier molecular flexibility index (Phi) is 31.7. The second-order valence-electron chi connectivity index (χ2n) is 34.8. The SMILES string of the molecule is C1CCNC1.CB(O)O.O=C1C(Oc2ccc(C3CC3)cc2)=CCN1c1ccc(OCCN2CCCC2)c(C2CC2)c1.O=C1C(Oc2ccc(C3CC3)cc2)=CCN1c1ccc(OCCO)c(Br)c1.O=C1C(Oc2ccc(C3CC3)cc2)=CCN1c1ccc(OCCO)c(C2CC2)c1.O=C1C(Oc2ccc(C3CC3)cc2)=CCN1c1ccc(OCCOCS)c(C2CC2)c1. The van der Waals surface area contributed by atoms with Gasteiger partial charge in [0.05, 0.1) is 30.2 Å². The molecule has 7 aliphatic carbocycles. The molecule has 21 rings (SSSR count). The number of hydrogen-bond acceptors (Lipinski definition) is 20. The van der Waals surface area contributed by atoms with Gasteiger partial charge in [-0.15, -0.1) is 0 Å².